The van der Waals surface area contributed by atoms with Gasteiger partial charge in [-0.15, -0.1) is 12.6 Å². The van der Waals surface area contributed by atoms with Crippen LogP contribution in [0.2, 0.25) is 10.0 Å². The van der Waals surface area contributed by atoms with Crippen molar-refractivity contribution in [3.05, 3.63) is 44.3 Å². The summed E-state index contributed by atoms with van der Waals surface area (Å²) in [6.45, 7) is -2.42. The van der Waals surface area contributed by atoms with Crippen molar-refractivity contribution in [3.63, 3.8) is 0 Å². The van der Waals surface area contributed by atoms with Crippen LogP contribution in [0.1, 0.15) is 5.56 Å². The number of ether oxygens (including phenoxy) is 2. The Kier molecular flexibility index (Phi) is 7.15. The lowest BCUT2D eigenvalue weighted by atomic mass is 9.76. The summed E-state index contributed by atoms with van der Waals surface area (Å²) >= 11 is 15.9. The van der Waals surface area contributed by atoms with Gasteiger partial charge in [0.1, 0.15) is 35.9 Å². The minimum absolute atomic E-state index is 0.00575. The summed E-state index contributed by atoms with van der Waals surface area (Å²) < 4.78 is 48.2. The van der Waals surface area contributed by atoms with Crippen molar-refractivity contribution >= 4 is 35.8 Å². The van der Waals surface area contributed by atoms with Crippen LogP contribution >= 0.6 is 35.8 Å². The van der Waals surface area contributed by atoms with Crippen LogP contribution in [0.5, 0.6) is 0 Å². The Balaban J connectivity index is 2.65. The maximum absolute atomic E-state index is 12.7. The highest BCUT2D eigenvalue weighted by Crippen LogP contribution is 2.46. The van der Waals surface area contributed by atoms with Crippen molar-refractivity contribution in [2.75, 3.05) is 13.2 Å². The van der Waals surface area contributed by atoms with Gasteiger partial charge in [0.2, 0.25) is 0 Å². The first kappa shape index (κ1) is 22.4. The molecule has 150 valence electrons. The number of nitrogens with zero attached hydrogens (tertiary/aromatic N) is 3. The van der Waals surface area contributed by atoms with Gasteiger partial charge in [0.05, 0.1) is 16.7 Å². The van der Waals surface area contributed by atoms with Gasteiger partial charge in [0.15, 0.2) is 0 Å². The van der Waals surface area contributed by atoms with Gasteiger partial charge in [0.25, 0.3) is 0 Å². The van der Waals surface area contributed by atoms with Crippen molar-refractivity contribution in [1.29, 1.82) is 0 Å². The van der Waals surface area contributed by atoms with Gasteiger partial charge in [-0.25, -0.2) is 0 Å². The molecule has 1 saturated heterocycles. The molecule has 1 fully saturated rings. The third kappa shape index (κ3) is 4.57. The van der Waals surface area contributed by atoms with E-state index in [9.17, 15) is 23.4 Å². The summed E-state index contributed by atoms with van der Waals surface area (Å²) in [7, 11) is 0. The van der Waals surface area contributed by atoms with E-state index in [-0.39, 0.29) is 15.6 Å². The molecule has 27 heavy (non-hydrogen) atoms. The Hall–Kier alpha value is -0.910. The molecule has 1 aliphatic rings. The lowest BCUT2D eigenvalue weighted by Gasteiger charge is -2.49. The quantitative estimate of drug-likeness (QED) is 0.278. The van der Waals surface area contributed by atoms with E-state index in [1.807, 2.05) is 0 Å². The highest BCUT2D eigenvalue weighted by Gasteiger charge is 2.57. The molecule has 0 aliphatic carbocycles. The monoisotopic (exact) mass is 447 g/mol. The fourth-order valence-corrected chi connectivity index (χ4v) is 3.63. The highest BCUT2D eigenvalue weighted by atomic mass is 35.5. The van der Waals surface area contributed by atoms with Gasteiger partial charge in [0, 0.05) is 4.91 Å². The molecule has 0 amide bonds. The molecule has 1 heterocycles. The second kappa shape index (κ2) is 8.62. The summed E-state index contributed by atoms with van der Waals surface area (Å²) in [5.74, 6) is 0. The molecule has 2 N–H and O–H groups in total. The number of azide groups is 1. The number of alkyl halides is 3. The molecule has 0 aromatic heterocycles. The van der Waals surface area contributed by atoms with E-state index in [4.69, 9.17) is 38.2 Å². The molecule has 0 bridgehead atoms. The number of hydrogen-bond donors (Lipinski definition) is 3. The molecule has 1 aliphatic heterocycles. The summed E-state index contributed by atoms with van der Waals surface area (Å²) in [6.07, 6.45) is -9.43. The van der Waals surface area contributed by atoms with Crippen molar-refractivity contribution in [3.8, 4) is 0 Å². The summed E-state index contributed by atoms with van der Waals surface area (Å²) in [5.41, 5.74) is 5.60. The predicted octanol–water partition coefficient (Wildman–Crippen LogP) is 3.45. The van der Waals surface area contributed by atoms with E-state index < -0.39 is 48.7 Å². The lowest BCUT2D eigenvalue weighted by molar-refractivity contribution is -0.243. The Morgan fingerprint density at radius 1 is 1.37 bits per heavy atom. The molecule has 1 aromatic rings. The second-order valence-corrected chi connectivity index (χ2v) is 7.01. The fourth-order valence-electron chi connectivity index (χ4n) is 2.86. The molecule has 0 spiro atoms. The number of aliphatic hydroxyl groups excluding tert-OH is 2. The number of aliphatic hydroxyl groups is 2. The van der Waals surface area contributed by atoms with Gasteiger partial charge >= 0.3 is 6.18 Å². The average molecular weight is 448 g/mol. The largest absolute Gasteiger partial charge is 0.411 e. The van der Waals surface area contributed by atoms with Crippen molar-refractivity contribution < 1.29 is 32.9 Å². The minimum atomic E-state index is -4.70. The average Bonchev–Trinajstić information content (AvgIpc) is 2.58. The van der Waals surface area contributed by atoms with Gasteiger partial charge in [-0.2, -0.15) is 13.2 Å². The highest BCUT2D eigenvalue weighted by molar-refractivity contribution is 7.80. The van der Waals surface area contributed by atoms with Crippen LogP contribution in [-0.2, 0) is 15.0 Å². The zero-order valence-corrected chi connectivity index (χ0v) is 15.8. The SMILES string of the molecule is [N-]=[N+]=NC1(c2ccc(Cl)c(Cl)c2)[C@@H](O)[C@@H](CO)O[C@H](S)[C@@H]1OCC(F)(F)F. The van der Waals surface area contributed by atoms with Crippen molar-refractivity contribution in [1.82, 2.24) is 0 Å². The zero-order chi connectivity index (χ0) is 20.4. The molecule has 0 saturated carbocycles. The normalized spacial score (nSPS) is 31.4. The smallest absolute Gasteiger partial charge is 0.394 e. The molecule has 7 nitrogen and oxygen atoms in total. The van der Waals surface area contributed by atoms with Crippen LogP contribution in [0.25, 0.3) is 10.4 Å². The third-order valence-electron chi connectivity index (χ3n) is 4.01. The lowest BCUT2D eigenvalue weighted by Crippen LogP contribution is -2.64. The molecule has 1 unspecified atom stereocenters. The van der Waals surface area contributed by atoms with E-state index >= 15 is 0 Å². The maximum Gasteiger partial charge on any atom is 0.411 e. The van der Waals surface area contributed by atoms with E-state index in [2.05, 4.69) is 22.7 Å². The van der Waals surface area contributed by atoms with Crippen molar-refractivity contribution in [2.24, 2.45) is 5.11 Å². The van der Waals surface area contributed by atoms with Crippen LogP contribution in [0.15, 0.2) is 23.3 Å². The Bertz CT molecular complexity index is 738. The molecule has 2 rings (SSSR count). The number of rotatable bonds is 5. The zero-order valence-electron chi connectivity index (χ0n) is 13.3. The first-order valence-electron chi connectivity index (χ1n) is 7.39. The second-order valence-electron chi connectivity index (χ2n) is 5.68. The van der Waals surface area contributed by atoms with Crippen LogP contribution in [-0.4, -0.2) is 53.4 Å². The van der Waals surface area contributed by atoms with Crippen LogP contribution < -0.4 is 0 Å². The maximum atomic E-state index is 12.7. The number of hydrogen-bond acceptors (Lipinski definition) is 6. The summed E-state index contributed by atoms with van der Waals surface area (Å²) in [4.78, 5) is 2.66. The summed E-state index contributed by atoms with van der Waals surface area (Å²) in [6, 6.07) is 3.86. The van der Waals surface area contributed by atoms with E-state index in [0.29, 0.717) is 0 Å². The first-order valence-corrected chi connectivity index (χ1v) is 8.66. The molecule has 0 radical (unpaired) electrons. The predicted molar refractivity (Wildman–Crippen MR) is 93.8 cm³/mol. The topological polar surface area (TPSA) is 108 Å². The molecule has 5 atom stereocenters. The van der Waals surface area contributed by atoms with Gasteiger partial charge in [-0.05, 0) is 23.2 Å². The first-order chi connectivity index (χ1) is 12.6. The fraction of sp³-hybridized carbons (Fsp3) is 0.571. The molecular formula is C14H14Cl2F3N3O4S. The number of thiol groups is 1. The van der Waals surface area contributed by atoms with Crippen molar-refractivity contribution in [2.45, 2.75) is 35.5 Å². The molecule has 1 aromatic carbocycles. The van der Waals surface area contributed by atoms with Gasteiger partial charge in [-0.3, -0.25) is 0 Å². The Morgan fingerprint density at radius 2 is 2.04 bits per heavy atom. The van der Waals surface area contributed by atoms with Crippen LogP contribution in [0.4, 0.5) is 13.2 Å². The number of benzene rings is 1. The molecular weight excluding hydrogens is 434 g/mol. The van der Waals surface area contributed by atoms with Gasteiger partial charge in [-0.1, -0.05) is 34.4 Å². The Labute approximate surface area is 167 Å². The molecule has 13 heteroatoms. The van der Waals surface area contributed by atoms with Gasteiger partial charge < -0.3 is 19.7 Å². The standard InChI is InChI=1S/C14H14Cl2F3N3O4S/c15-7-2-1-6(3-8(7)16)14(21-22-20)10(24)9(4-23)26-12(27)11(14)25-5-13(17,18)19/h1-3,9-12,23-24,27H,4-5H2/t9-,10+,11+,12-,14?/m1/s1. The third-order valence-corrected chi connectivity index (χ3v) is 5.14. The summed E-state index contributed by atoms with van der Waals surface area (Å²) in [5, 5.41) is 23.9. The minimum Gasteiger partial charge on any atom is -0.394 e. The van der Waals surface area contributed by atoms with E-state index in [1.54, 1.807) is 0 Å². The Morgan fingerprint density at radius 3 is 2.56 bits per heavy atom. The number of halogens is 5. The van der Waals surface area contributed by atoms with Crippen LogP contribution in [0.3, 0.4) is 0 Å². The van der Waals surface area contributed by atoms with E-state index in [1.165, 1.54) is 18.2 Å². The van der Waals surface area contributed by atoms with E-state index in [0.717, 1.165) is 0 Å². The van der Waals surface area contributed by atoms with Crippen LogP contribution in [0, 0.1) is 0 Å².